The lowest BCUT2D eigenvalue weighted by Gasteiger charge is -2.29. The van der Waals surface area contributed by atoms with Gasteiger partial charge in [-0.1, -0.05) is 25.1 Å². The average molecular weight is 437 g/mol. The minimum Gasteiger partial charge on any atom is -0.378 e. The van der Waals surface area contributed by atoms with Crippen molar-refractivity contribution in [2.75, 3.05) is 35.8 Å². The van der Waals surface area contributed by atoms with Crippen molar-refractivity contribution in [3.05, 3.63) is 66.7 Å². The highest BCUT2D eigenvalue weighted by Gasteiger charge is 2.43. The van der Waals surface area contributed by atoms with Crippen LogP contribution in [0.15, 0.2) is 61.2 Å². The summed E-state index contributed by atoms with van der Waals surface area (Å²) in [5.41, 5.74) is 3.62. The lowest BCUT2D eigenvalue weighted by atomic mass is 10.1. The van der Waals surface area contributed by atoms with Crippen molar-refractivity contribution in [3.8, 4) is 0 Å². The van der Waals surface area contributed by atoms with Gasteiger partial charge in [0, 0.05) is 32.0 Å². The first kappa shape index (κ1) is 22.5. The molecule has 0 unspecified atom stereocenters. The fourth-order valence-corrected chi connectivity index (χ4v) is 3.86. The van der Waals surface area contributed by atoms with Crippen molar-refractivity contribution in [1.82, 2.24) is 4.90 Å². The molecule has 0 spiro atoms. The summed E-state index contributed by atoms with van der Waals surface area (Å²) in [5.74, 6) is -0.505. The van der Waals surface area contributed by atoms with E-state index in [4.69, 9.17) is 12.2 Å². The number of carbonyl (C=O) groups is 2. The second-order valence-corrected chi connectivity index (χ2v) is 8.01. The summed E-state index contributed by atoms with van der Waals surface area (Å²) in [6.07, 6.45) is 2.65. The highest BCUT2D eigenvalue weighted by atomic mass is 32.1. The van der Waals surface area contributed by atoms with E-state index in [-0.39, 0.29) is 18.2 Å². The van der Waals surface area contributed by atoms with Crippen molar-refractivity contribution in [1.29, 1.82) is 0 Å². The largest absolute Gasteiger partial charge is 0.378 e. The summed E-state index contributed by atoms with van der Waals surface area (Å²) in [6, 6.07) is 14.7. The van der Waals surface area contributed by atoms with Gasteiger partial charge in [-0.15, -0.1) is 6.58 Å². The number of hydrogen-bond acceptors (Lipinski definition) is 4. The minimum absolute atomic E-state index is 0.0730. The van der Waals surface area contributed by atoms with Gasteiger partial charge in [-0.3, -0.25) is 9.59 Å². The van der Waals surface area contributed by atoms with Crippen LogP contribution in [0, 0.1) is 0 Å². The van der Waals surface area contributed by atoms with Crippen LogP contribution in [0.3, 0.4) is 0 Å². The lowest BCUT2D eigenvalue weighted by molar-refractivity contribution is -0.122. The molecule has 3 rings (SSSR count). The Kier molecular flexibility index (Phi) is 7.07. The number of benzene rings is 2. The highest BCUT2D eigenvalue weighted by Crippen LogP contribution is 2.27. The van der Waals surface area contributed by atoms with Gasteiger partial charge in [0.2, 0.25) is 5.91 Å². The molecule has 1 atom stereocenters. The molecule has 1 fully saturated rings. The van der Waals surface area contributed by atoms with Gasteiger partial charge in [-0.2, -0.15) is 0 Å². The Morgan fingerprint density at radius 2 is 1.81 bits per heavy atom. The number of nitrogens with zero attached hydrogens (tertiary/aromatic N) is 3. The van der Waals surface area contributed by atoms with Gasteiger partial charge in [-0.05, 0) is 60.6 Å². The van der Waals surface area contributed by atoms with Crippen molar-refractivity contribution >= 4 is 46.2 Å². The monoisotopic (exact) mass is 436 g/mol. The standard InChI is InChI=1S/C24H28N4O2S/c1-5-15-27(24(31)25-18-9-13-19(14-10-18)26(3)4)21-16-22(29)28(23(21)30)20-11-7-17(6-2)8-12-20/h5,7-14,21H,1,6,15-16H2,2-4H3,(H,25,31)/t21-/m0/s1. The molecule has 2 aromatic carbocycles. The van der Waals surface area contributed by atoms with Gasteiger partial charge < -0.3 is 15.1 Å². The molecule has 1 aliphatic rings. The maximum atomic E-state index is 13.2. The summed E-state index contributed by atoms with van der Waals surface area (Å²) in [6.45, 7) is 6.21. The molecule has 0 aliphatic carbocycles. The second kappa shape index (κ2) is 9.75. The molecule has 2 amide bonds. The fraction of sp³-hybridized carbons (Fsp3) is 0.292. The molecular weight excluding hydrogens is 408 g/mol. The van der Waals surface area contributed by atoms with Gasteiger partial charge in [0.25, 0.3) is 5.91 Å². The van der Waals surface area contributed by atoms with Crippen LogP contribution < -0.4 is 15.1 Å². The maximum Gasteiger partial charge on any atom is 0.257 e. The fourth-order valence-electron chi connectivity index (χ4n) is 3.54. The van der Waals surface area contributed by atoms with E-state index in [2.05, 4.69) is 18.8 Å². The molecule has 0 radical (unpaired) electrons. The Bertz CT molecular complexity index is 970. The van der Waals surface area contributed by atoms with Gasteiger partial charge in [0.1, 0.15) is 6.04 Å². The number of imide groups is 1. The summed E-state index contributed by atoms with van der Waals surface area (Å²) >= 11 is 5.60. The van der Waals surface area contributed by atoms with Gasteiger partial charge in [0.05, 0.1) is 12.1 Å². The zero-order valence-corrected chi connectivity index (χ0v) is 19.0. The van der Waals surface area contributed by atoms with Crippen LogP contribution in [0.4, 0.5) is 17.1 Å². The minimum atomic E-state index is -0.669. The molecule has 1 N–H and O–H groups in total. The number of hydrogen-bond donors (Lipinski definition) is 1. The van der Waals surface area contributed by atoms with E-state index in [0.29, 0.717) is 17.3 Å². The number of anilines is 3. The first-order chi connectivity index (χ1) is 14.8. The number of amides is 2. The predicted octanol–water partition coefficient (Wildman–Crippen LogP) is 3.83. The average Bonchev–Trinajstić information content (AvgIpc) is 3.06. The predicted molar refractivity (Wildman–Crippen MR) is 131 cm³/mol. The Morgan fingerprint density at radius 1 is 1.16 bits per heavy atom. The van der Waals surface area contributed by atoms with Crippen molar-refractivity contribution in [2.45, 2.75) is 25.8 Å². The zero-order valence-electron chi connectivity index (χ0n) is 18.2. The first-order valence-corrected chi connectivity index (χ1v) is 10.7. The molecule has 162 valence electrons. The molecular formula is C24H28N4O2S. The summed E-state index contributed by atoms with van der Waals surface area (Å²) in [7, 11) is 3.95. The number of thiocarbonyl (C=S) groups is 1. The maximum absolute atomic E-state index is 13.2. The topological polar surface area (TPSA) is 55.9 Å². The summed E-state index contributed by atoms with van der Waals surface area (Å²) in [4.78, 5) is 30.9. The Hall–Kier alpha value is -3.19. The third-order valence-electron chi connectivity index (χ3n) is 5.32. The number of aryl methyl sites for hydroxylation is 1. The second-order valence-electron chi connectivity index (χ2n) is 7.62. The zero-order chi connectivity index (χ0) is 22.5. The van der Waals surface area contributed by atoms with Crippen molar-refractivity contribution < 1.29 is 9.59 Å². The Morgan fingerprint density at radius 3 is 2.35 bits per heavy atom. The smallest absolute Gasteiger partial charge is 0.257 e. The Labute approximate surface area is 189 Å². The van der Waals surface area contributed by atoms with E-state index in [1.165, 1.54) is 4.90 Å². The first-order valence-electron chi connectivity index (χ1n) is 10.3. The van der Waals surface area contributed by atoms with Crippen LogP contribution in [-0.2, 0) is 16.0 Å². The summed E-state index contributed by atoms with van der Waals surface area (Å²) in [5, 5.41) is 3.57. The third kappa shape index (κ3) is 4.94. The quantitative estimate of drug-likeness (QED) is 0.404. The molecule has 1 heterocycles. The van der Waals surface area contributed by atoms with Crippen LogP contribution in [0.25, 0.3) is 0 Å². The van der Waals surface area contributed by atoms with Crippen molar-refractivity contribution in [2.24, 2.45) is 0 Å². The number of carbonyl (C=O) groups excluding carboxylic acids is 2. The number of nitrogens with one attached hydrogen (secondary N) is 1. The molecule has 0 saturated carbocycles. The van der Waals surface area contributed by atoms with E-state index < -0.39 is 6.04 Å². The van der Waals surface area contributed by atoms with Gasteiger partial charge in [0.15, 0.2) is 5.11 Å². The molecule has 1 aliphatic heterocycles. The normalized spacial score (nSPS) is 15.7. The Balaban J connectivity index is 1.78. The van der Waals surface area contributed by atoms with Crippen LogP contribution in [-0.4, -0.2) is 48.5 Å². The van der Waals surface area contributed by atoms with Gasteiger partial charge >= 0.3 is 0 Å². The molecule has 2 aromatic rings. The van der Waals surface area contributed by atoms with Crippen molar-refractivity contribution in [3.63, 3.8) is 0 Å². The molecule has 6 nitrogen and oxygen atoms in total. The van der Waals surface area contributed by atoms with Crippen LogP contribution in [0.1, 0.15) is 18.9 Å². The highest BCUT2D eigenvalue weighted by molar-refractivity contribution is 7.80. The molecule has 0 bridgehead atoms. The lowest BCUT2D eigenvalue weighted by Crippen LogP contribution is -2.47. The van der Waals surface area contributed by atoms with Gasteiger partial charge in [-0.25, -0.2) is 4.90 Å². The van der Waals surface area contributed by atoms with E-state index >= 15 is 0 Å². The third-order valence-corrected chi connectivity index (χ3v) is 5.66. The molecule has 31 heavy (non-hydrogen) atoms. The van der Waals surface area contributed by atoms with E-state index in [1.54, 1.807) is 11.0 Å². The SMILES string of the molecule is C=CCN(C(=S)Nc1ccc(N(C)C)cc1)[C@H]1CC(=O)N(c2ccc(CC)cc2)C1=O. The van der Waals surface area contributed by atoms with E-state index in [0.717, 1.165) is 23.4 Å². The van der Waals surface area contributed by atoms with Crippen LogP contribution in [0.5, 0.6) is 0 Å². The number of rotatable bonds is 7. The molecule has 0 aromatic heterocycles. The van der Waals surface area contributed by atoms with Crippen LogP contribution >= 0.6 is 12.2 Å². The summed E-state index contributed by atoms with van der Waals surface area (Å²) < 4.78 is 0. The molecule has 1 saturated heterocycles. The van der Waals surface area contributed by atoms with E-state index in [1.807, 2.05) is 67.5 Å². The van der Waals surface area contributed by atoms with E-state index in [9.17, 15) is 9.59 Å². The molecule has 7 heteroatoms. The van der Waals surface area contributed by atoms with Crippen LogP contribution in [0.2, 0.25) is 0 Å².